The molecule has 0 bridgehead atoms. The zero-order valence-electron chi connectivity index (χ0n) is 12.3. The fraction of sp³-hybridized carbons (Fsp3) is 0.188. The second-order valence-electron chi connectivity index (χ2n) is 4.82. The predicted molar refractivity (Wildman–Crippen MR) is 83.0 cm³/mol. The van der Waals surface area contributed by atoms with Gasteiger partial charge < -0.3 is 10.2 Å². The smallest absolute Gasteiger partial charge is 0.259 e. The van der Waals surface area contributed by atoms with Crippen LogP contribution in [0.15, 0.2) is 42.6 Å². The average Bonchev–Trinajstić information content (AvgIpc) is 2.47. The maximum absolute atomic E-state index is 12.4. The van der Waals surface area contributed by atoms with Gasteiger partial charge in [-0.15, -0.1) is 0 Å². The molecule has 5 heteroatoms. The fourth-order valence-corrected chi connectivity index (χ4v) is 2.02. The molecule has 0 aliphatic heterocycles. The second kappa shape index (κ2) is 6.17. The highest BCUT2D eigenvalue weighted by Gasteiger charge is 2.16. The van der Waals surface area contributed by atoms with E-state index in [0.717, 1.165) is 0 Å². The molecule has 21 heavy (non-hydrogen) atoms. The van der Waals surface area contributed by atoms with Crippen LogP contribution in [0, 0.1) is 0 Å². The monoisotopic (exact) mass is 283 g/mol. The van der Waals surface area contributed by atoms with E-state index in [1.807, 2.05) is 14.1 Å². The lowest BCUT2D eigenvalue weighted by Crippen LogP contribution is -2.20. The number of anilines is 2. The summed E-state index contributed by atoms with van der Waals surface area (Å²) < 4.78 is 0. The summed E-state index contributed by atoms with van der Waals surface area (Å²) in [6.45, 7) is 1.47. The molecule has 0 unspecified atom stereocenters. The zero-order valence-corrected chi connectivity index (χ0v) is 12.3. The average molecular weight is 283 g/mol. The van der Waals surface area contributed by atoms with E-state index in [2.05, 4.69) is 10.3 Å². The van der Waals surface area contributed by atoms with Crippen LogP contribution in [-0.4, -0.2) is 30.8 Å². The molecular weight excluding hydrogens is 266 g/mol. The number of nitrogens with zero attached hydrogens (tertiary/aromatic N) is 2. The lowest BCUT2D eigenvalue weighted by atomic mass is 10.1. The van der Waals surface area contributed by atoms with Crippen molar-refractivity contribution >= 4 is 23.2 Å². The number of carbonyl (C=O) groups is 2. The third-order valence-corrected chi connectivity index (χ3v) is 3.01. The molecule has 2 aromatic rings. The third kappa shape index (κ3) is 3.25. The Morgan fingerprint density at radius 2 is 1.71 bits per heavy atom. The lowest BCUT2D eigenvalue weighted by Gasteiger charge is -2.16. The number of para-hydroxylation sites is 1. The van der Waals surface area contributed by atoms with Crippen molar-refractivity contribution in [1.29, 1.82) is 0 Å². The van der Waals surface area contributed by atoms with Crippen molar-refractivity contribution in [2.45, 2.75) is 6.92 Å². The summed E-state index contributed by atoms with van der Waals surface area (Å²) in [5.41, 5.74) is 1.45. The van der Waals surface area contributed by atoms with Gasteiger partial charge in [0.25, 0.3) is 5.91 Å². The first-order valence-electron chi connectivity index (χ1n) is 6.54. The summed E-state index contributed by atoms with van der Waals surface area (Å²) in [6, 6.07) is 10.3. The number of rotatable bonds is 4. The Morgan fingerprint density at radius 3 is 2.38 bits per heavy atom. The largest absolute Gasteiger partial charge is 0.362 e. The molecule has 1 amide bonds. The molecule has 0 saturated heterocycles. The Hall–Kier alpha value is -2.69. The molecule has 0 spiro atoms. The molecule has 0 atom stereocenters. The van der Waals surface area contributed by atoms with Crippen LogP contribution >= 0.6 is 0 Å². The Labute approximate surface area is 123 Å². The molecular formula is C16H17N3O2. The maximum Gasteiger partial charge on any atom is 0.259 e. The molecule has 0 saturated carbocycles. The van der Waals surface area contributed by atoms with Crippen LogP contribution in [0.25, 0.3) is 0 Å². The van der Waals surface area contributed by atoms with E-state index in [1.165, 1.54) is 6.92 Å². The molecule has 108 valence electrons. The lowest BCUT2D eigenvalue weighted by molar-refractivity contribution is 0.101. The molecule has 0 aliphatic carbocycles. The van der Waals surface area contributed by atoms with Gasteiger partial charge in [-0.05, 0) is 31.2 Å². The summed E-state index contributed by atoms with van der Waals surface area (Å²) >= 11 is 0. The van der Waals surface area contributed by atoms with Gasteiger partial charge in [0.2, 0.25) is 0 Å². The van der Waals surface area contributed by atoms with Crippen LogP contribution in [0.1, 0.15) is 27.6 Å². The van der Waals surface area contributed by atoms with E-state index in [4.69, 9.17) is 0 Å². The van der Waals surface area contributed by atoms with Crippen molar-refractivity contribution in [1.82, 2.24) is 4.98 Å². The first-order valence-corrected chi connectivity index (χ1v) is 6.54. The van der Waals surface area contributed by atoms with E-state index in [-0.39, 0.29) is 11.7 Å². The number of amides is 1. The number of ketones is 1. The van der Waals surface area contributed by atoms with Gasteiger partial charge >= 0.3 is 0 Å². The number of hydrogen-bond acceptors (Lipinski definition) is 4. The minimum absolute atomic E-state index is 0.0927. The van der Waals surface area contributed by atoms with Crippen molar-refractivity contribution in [2.24, 2.45) is 0 Å². The van der Waals surface area contributed by atoms with Crippen molar-refractivity contribution in [2.75, 3.05) is 24.3 Å². The Bertz CT molecular complexity index is 681. The van der Waals surface area contributed by atoms with Crippen LogP contribution in [0.3, 0.4) is 0 Å². The van der Waals surface area contributed by atoms with Crippen LogP contribution in [-0.2, 0) is 0 Å². The second-order valence-corrected chi connectivity index (χ2v) is 4.82. The number of aromatic nitrogens is 1. The Morgan fingerprint density at radius 1 is 1.05 bits per heavy atom. The SMILES string of the molecule is CC(=O)c1ccccc1NC(=O)c1cccnc1N(C)C. The van der Waals surface area contributed by atoms with E-state index >= 15 is 0 Å². The first kappa shape index (κ1) is 14.7. The summed E-state index contributed by atoms with van der Waals surface area (Å²) in [7, 11) is 3.64. The van der Waals surface area contributed by atoms with Gasteiger partial charge in [0.15, 0.2) is 5.78 Å². The van der Waals surface area contributed by atoms with Crippen LogP contribution < -0.4 is 10.2 Å². The maximum atomic E-state index is 12.4. The van der Waals surface area contributed by atoms with Gasteiger partial charge in [0.1, 0.15) is 5.82 Å². The molecule has 1 aromatic heterocycles. The van der Waals surface area contributed by atoms with Gasteiger partial charge in [0.05, 0.1) is 11.3 Å². The van der Waals surface area contributed by atoms with Crippen LogP contribution in [0.4, 0.5) is 11.5 Å². The number of benzene rings is 1. The van der Waals surface area contributed by atoms with E-state index < -0.39 is 0 Å². The molecule has 1 N–H and O–H groups in total. The quantitative estimate of drug-likeness (QED) is 0.876. The summed E-state index contributed by atoms with van der Waals surface area (Å²) in [6.07, 6.45) is 1.63. The molecule has 0 aliphatic rings. The van der Waals surface area contributed by atoms with Crippen molar-refractivity contribution in [3.8, 4) is 0 Å². The highest BCUT2D eigenvalue weighted by molar-refractivity contribution is 6.10. The summed E-state index contributed by atoms with van der Waals surface area (Å²) in [5.74, 6) is 0.195. The first-order chi connectivity index (χ1) is 10.0. The standard InChI is InChI=1S/C16H17N3O2/c1-11(20)12-7-4-5-9-14(12)18-16(21)13-8-6-10-17-15(13)19(2)3/h4-10H,1-3H3,(H,18,21). The minimum atomic E-state index is -0.291. The third-order valence-electron chi connectivity index (χ3n) is 3.01. The van der Waals surface area contributed by atoms with Crippen molar-refractivity contribution in [3.05, 3.63) is 53.7 Å². The number of Topliss-reactive ketones (excluding diaryl/α,β-unsaturated/α-hetero) is 1. The normalized spacial score (nSPS) is 10.0. The number of carbonyl (C=O) groups excluding carboxylic acids is 2. The van der Waals surface area contributed by atoms with Crippen LogP contribution in [0.2, 0.25) is 0 Å². The van der Waals surface area contributed by atoms with Crippen molar-refractivity contribution < 1.29 is 9.59 Å². The Kier molecular flexibility index (Phi) is 4.33. The summed E-state index contributed by atoms with van der Waals surface area (Å²) in [5, 5.41) is 2.78. The number of pyridine rings is 1. The van der Waals surface area contributed by atoms with E-state index in [1.54, 1.807) is 47.5 Å². The molecule has 5 nitrogen and oxygen atoms in total. The zero-order chi connectivity index (χ0) is 15.4. The highest BCUT2D eigenvalue weighted by atomic mass is 16.2. The van der Waals surface area contributed by atoms with Gasteiger partial charge in [0, 0.05) is 25.9 Å². The molecule has 0 fully saturated rings. The predicted octanol–water partition coefficient (Wildman–Crippen LogP) is 2.60. The minimum Gasteiger partial charge on any atom is -0.362 e. The fourth-order valence-electron chi connectivity index (χ4n) is 2.02. The van der Waals surface area contributed by atoms with Gasteiger partial charge in [-0.25, -0.2) is 4.98 Å². The number of hydrogen-bond donors (Lipinski definition) is 1. The van der Waals surface area contributed by atoms with Crippen molar-refractivity contribution in [3.63, 3.8) is 0 Å². The van der Waals surface area contributed by atoms with E-state index in [9.17, 15) is 9.59 Å². The summed E-state index contributed by atoms with van der Waals surface area (Å²) in [4.78, 5) is 30.0. The Balaban J connectivity index is 2.33. The van der Waals surface area contributed by atoms with Crippen LogP contribution in [0.5, 0.6) is 0 Å². The van der Waals surface area contributed by atoms with Gasteiger partial charge in [-0.1, -0.05) is 12.1 Å². The highest BCUT2D eigenvalue weighted by Crippen LogP contribution is 2.20. The molecule has 2 rings (SSSR count). The van der Waals surface area contributed by atoms with E-state index in [0.29, 0.717) is 22.6 Å². The molecule has 0 radical (unpaired) electrons. The molecule has 1 heterocycles. The molecule has 1 aromatic carbocycles. The van der Waals surface area contributed by atoms with Gasteiger partial charge in [-0.3, -0.25) is 9.59 Å². The topological polar surface area (TPSA) is 62.3 Å². The number of nitrogens with one attached hydrogen (secondary N) is 1. The van der Waals surface area contributed by atoms with Gasteiger partial charge in [-0.2, -0.15) is 0 Å².